The van der Waals surface area contributed by atoms with Crippen molar-refractivity contribution in [1.82, 2.24) is 14.6 Å². The van der Waals surface area contributed by atoms with Gasteiger partial charge in [-0.3, -0.25) is 14.4 Å². The molecule has 0 spiro atoms. The van der Waals surface area contributed by atoms with Gasteiger partial charge >= 0.3 is 0 Å². The van der Waals surface area contributed by atoms with Crippen LogP contribution in [-0.2, 0) is 11.2 Å². The molecule has 10 nitrogen and oxygen atoms in total. The van der Waals surface area contributed by atoms with Crippen LogP contribution in [0.4, 0.5) is 5.69 Å². The molecule has 36 heavy (non-hydrogen) atoms. The first kappa shape index (κ1) is 28.9. The van der Waals surface area contributed by atoms with Gasteiger partial charge in [-0.2, -0.15) is 4.37 Å². The molecule has 0 fully saturated rings. The van der Waals surface area contributed by atoms with Crippen LogP contribution >= 0.6 is 11.5 Å². The van der Waals surface area contributed by atoms with Crippen molar-refractivity contribution in [1.29, 1.82) is 0 Å². The second-order valence-corrected chi connectivity index (χ2v) is 9.63. The first-order chi connectivity index (χ1) is 17.1. The van der Waals surface area contributed by atoms with Gasteiger partial charge < -0.3 is 31.2 Å². The number of benzene rings is 1. The molecule has 1 atom stereocenters. The summed E-state index contributed by atoms with van der Waals surface area (Å²) in [6.45, 7) is 6.87. The number of rotatable bonds is 14. The molecule has 0 bridgehead atoms. The number of primary amides is 1. The average molecular weight is 520 g/mol. The van der Waals surface area contributed by atoms with Crippen LogP contribution in [0.2, 0.25) is 0 Å². The first-order valence-electron chi connectivity index (χ1n) is 12.0. The number of hydrogen-bond donors (Lipinski definition) is 3. The molecule has 11 heteroatoms. The number of nitrogens with zero attached hydrogens (tertiary/aromatic N) is 2. The van der Waals surface area contributed by atoms with Crippen LogP contribution < -0.4 is 26.3 Å². The van der Waals surface area contributed by atoms with E-state index in [0.29, 0.717) is 43.2 Å². The Morgan fingerprint density at radius 2 is 1.83 bits per heavy atom. The van der Waals surface area contributed by atoms with Crippen molar-refractivity contribution >= 4 is 34.9 Å². The van der Waals surface area contributed by atoms with Crippen LogP contribution in [-0.4, -0.2) is 60.3 Å². The fourth-order valence-electron chi connectivity index (χ4n) is 3.75. The molecule has 0 saturated carbocycles. The lowest BCUT2D eigenvalue weighted by Crippen LogP contribution is -2.50. The Balaban J connectivity index is 2.38. The molecule has 2 aromatic rings. The summed E-state index contributed by atoms with van der Waals surface area (Å²) in [5, 5.41) is 2.97. The highest BCUT2D eigenvalue weighted by atomic mass is 32.1. The lowest BCUT2D eigenvalue weighted by molar-refractivity contribution is -0.126. The predicted molar refractivity (Wildman–Crippen MR) is 140 cm³/mol. The number of amides is 3. The molecule has 0 unspecified atom stereocenters. The van der Waals surface area contributed by atoms with Gasteiger partial charge in [-0.05, 0) is 54.4 Å². The standard InChI is InChI=1S/C25H37N5O5S/c1-6-7-17(24(32)28-12-10-15(2)3)30(25(33)22-20(26)21(23(27)31)29-36-22)13-11-16-8-9-18(34-4)19(14-16)35-5/h8-9,14-15,17H,6-7,10-13,26H2,1-5H3,(H2,27,31)(H,28,32)/t17-/m0/s1. The van der Waals surface area contributed by atoms with Crippen molar-refractivity contribution in [3.8, 4) is 11.5 Å². The van der Waals surface area contributed by atoms with Crippen LogP contribution in [0, 0.1) is 5.92 Å². The number of nitrogen functional groups attached to an aromatic ring is 1. The van der Waals surface area contributed by atoms with E-state index >= 15 is 0 Å². The molecule has 1 aromatic heterocycles. The van der Waals surface area contributed by atoms with Gasteiger partial charge in [-0.1, -0.05) is 33.3 Å². The third-order valence-electron chi connectivity index (χ3n) is 5.77. The maximum absolute atomic E-state index is 13.7. The third kappa shape index (κ3) is 7.33. The van der Waals surface area contributed by atoms with E-state index in [4.69, 9.17) is 20.9 Å². The summed E-state index contributed by atoms with van der Waals surface area (Å²) in [6, 6.07) is 4.80. The molecule has 0 aliphatic heterocycles. The summed E-state index contributed by atoms with van der Waals surface area (Å²) in [4.78, 5) is 40.2. The fraction of sp³-hybridized carbons (Fsp3) is 0.520. The molecule has 5 N–H and O–H groups in total. The smallest absolute Gasteiger partial charge is 0.270 e. The number of methoxy groups -OCH3 is 2. The van der Waals surface area contributed by atoms with E-state index in [1.54, 1.807) is 20.3 Å². The lowest BCUT2D eigenvalue weighted by Gasteiger charge is -2.31. The van der Waals surface area contributed by atoms with Crippen molar-refractivity contribution in [3.05, 3.63) is 34.3 Å². The number of nitrogens with one attached hydrogen (secondary N) is 1. The highest BCUT2D eigenvalue weighted by Gasteiger charge is 2.33. The maximum atomic E-state index is 13.7. The summed E-state index contributed by atoms with van der Waals surface area (Å²) in [5.74, 6) is 0.103. The molecule has 198 valence electrons. The minimum Gasteiger partial charge on any atom is -0.493 e. The highest BCUT2D eigenvalue weighted by molar-refractivity contribution is 7.09. The summed E-state index contributed by atoms with van der Waals surface area (Å²) >= 11 is 0.807. The summed E-state index contributed by atoms with van der Waals surface area (Å²) in [6.07, 6.45) is 2.43. The van der Waals surface area contributed by atoms with Crippen molar-refractivity contribution in [2.24, 2.45) is 11.7 Å². The Morgan fingerprint density at radius 3 is 2.39 bits per heavy atom. The monoisotopic (exact) mass is 519 g/mol. The number of aromatic nitrogens is 1. The number of hydrogen-bond acceptors (Lipinski definition) is 8. The van der Waals surface area contributed by atoms with E-state index in [1.807, 2.05) is 19.1 Å². The Morgan fingerprint density at radius 1 is 1.14 bits per heavy atom. The molecule has 1 heterocycles. The zero-order valence-electron chi connectivity index (χ0n) is 21.6. The molecular formula is C25H37N5O5S. The van der Waals surface area contributed by atoms with Gasteiger partial charge in [0.15, 0.2) is 17.2 Å². The maximum Gasteiger partial charge on any atom is 0.270 e. The SMILES string of the molecule is CCC[C@@H](C(=O)NCCC(C)C)N(CCc1ccc(OC)c(OC)c1)C(=O)c1snc(C(N)=O)c1N. The number of carbonyl (C=O) groups is 3. The Hall–Kier alpha value is -3.34. The van der Waals surface area contributed by atoms with E-state index < -0.39 is 17.9 Å². The molecule has 2 rings (SSSR count). The number of ether oxygens (including phenoxy) is 2. The predicted octanol–water partition coefficient (Wildman–Crippen LogP) is 2.86. The summed E-state index contributed by atoms with van der Waals surface area (Å²) in [7, 11) is 3.12. The van der Waals surface area contributed by atoms with Crippen molar-refractivity contribution in [3.63, 3.8) is 0 Å². The first-order valence-corrected chi connectivity index (χ1v) is 12.8. The normalized spacial score (nSPS) is 11.7. The van der Waals surface area contributed by atoms with Gasteiger partial charge in [0.2, 0.25) is 5.91 Å². The zero-order chi connectivity index (χ0) is 26.8. The van der Waals surface area contributed by atoms with Crippen LogP contribution in [0.5, 0.6) is 11.5 Å². The largest absolute Gasteiger partial charge is 0.493 e. The third-order valence-corrected chi connectivity index (χ3v) is 6.62. The van der Waals surface area contributed by atoms with Crippen LogP contribution in [0.1, 0.15) is 65.8 Å². The van der Waals surface area contributed by atoms with Crippen molar-refractivity contribution in [2.75, 3.05) is 33.0 Å². The second kappa shape index (κ2) is 13.7. The topological polar surface area (TPSA) is 150 Å². The van der Waals surface area contributed by atoms with Gasteiger partial charge in [-0.25, -0.2) is 0 Å². The minimum atomic E-state index is -0.809. The number of carbonyl (C=O) groups excluding carboxylic acids is 3. The number of nitrogens with two attached hydrogens (primary N) is 2. The zero-order valence-corrected chi connectivity index (χ0v) is 22.4. The number of anilines is 1. The van der Waals surface area contributed by atoms with Gasteiger partial charge in [0.05, 0.1) is 19.9 Å². The molecule has 0 aliphatic carbocycles. The summed E-state index contributed by atoms with van der Waals surface area (Å²) < 4.78 is 14.7. The van der Waals surface area contributed by atoms with E-state index in [9.17, 15) is 14.4 Å². The van der Waals surface area contributed by atoms with E-state index in [-0.39, 0.29) is 28.7 Å². The molecule has 1 aromatic carbocycles. The van der Waals surface area contributed by atoms with Crippen LogP contribution in [0.3, 0.4) is 0 Å². The van der Waals surface area contributed by atoms with Crippen molar-refractivity contribution < 1.29 is 23.9 Å². The second-order valence-electron chi connectivity index (χ2n) is 8.85. The molecule has 3 amide bonds. The molecular weight excluding hydrogens is 482 g/mol. The molecule has 0 aliphatic rings. The molecule has 0 saturated heterocycles. The van der Waals surface area contributed by atoms with Gasteiger partial charge in [0, 0.05) is 13.1 Å². The minimum absolute atomic E-state index is 0.0657. The Kier molecular flexibility index (Phi) is 11.0. The van der Waals surface area contributed by atoms with Gasteiger partial charge in [0.25, 0.3) is 11.8 Å². The highest BCUT2D eigenvalue weighted by Crippen LogP contribution is 2.29. The van der Waals surface area contributed by atoms with E-state index in [0.717, 1.165) is 23.5 Å². The Bertz CT molecular complexity index is 1060. The Labute approximate surface area is 216 Å². The lowest BCUT2D eigenvalue weighted by atomic mass is 10.1. The fourth-order valence-corrected chi connectivity index (χ4v) is 4.51. The van der Waals surface area contributed by atoms with Crippen LogP contribution in [0.15, 0.2) is 18.2 Å². The van der Waals surface area contributed by atoms with Gasteiger partial charge in [0.1, 0.15) is 10.9 Å². The molecule has 0 radical (unpaired) electrons. The van der Waals surface area contributed by atoms with Gasteiger partial charge in [-0.15, -0.1) is 0 Å². The van der Waals surface area contributed by atoms with E-state index in [1.165, 1.54) is 4.90 Å². The van der Waals surface area contributed by atoms with E-state index in [2.05, 4.69) is 23.5 Å². The summed E-state index contributed by atoms with van der Waals surface area (Å²) in [5.41, 5.74) is 12.1. The van der Waals surface area contributed by atoms with Crippen molar-refractivity contribution in [2.45, 2.75) is 52.5 Å². The average Bonchev–Trinajstić information content (AvgIpc) is 3.24. The quantitative estimate of drug-likeness (QED) is 0.347. The van der Waals surface area contributed by atoms with Crippen LogP contribution in [0.25, 0.3) is 0 Å².